The fourth-order valence-corrected chi connectivity index (χ4v) is 7.93. The minimum absolute atomic E-state index is 0.0494. The molecule has 2 aliphatic carbocycles. The number of ether oxygens (including phenoxy) is 2. The van der Waals surface area contributed by atoms with Gasteiger partial charge in [-0.1, -0.05) is 6.07 Å². The molecule has 8 heteroatoms. The number of carbonyl (C=O) groups excluding carboxylic acids is 1. The Morgan fingerprint density at radius 3 is 2.97 bits per heavy atom. The largest absolute Gasteiger partial charge is 0.493 e. The number of carbonyl (C=O) groups is 1. The van der Waals surface area contributed by atoms with Crippen LogP contribution < -0.4 is 9.47 Å². The third kappa shape index (κ3) is 2.82. The maximum absolute atomic E-state index is 13.3. The Morgan fingerprint density at radius 1 is 1.32 bits per heavy atom. The molecule has 2 aromatic rings. The number of benzene rings is 1. The molecular weight excluding hydrogens is 450 g/mol. The van der Waals surface area contributed by atoms with Crippen LogP contribution in [0, 0.1) is 5.92 Å². The summed E-state index contributed by atoms with van der Waals surface area (Å²) in [5.74, 6) is 2.33. The number of methoxy groups -OCH3 is 1. The SMILES string of the molecule is COc1ccc2c3c1O[C@H]1CN(C(=O)Cc4cscn4)CC[C@@]4(O)[C@@H](C2)N(CC2CC2)CC[C@]314. The molecule has 0 unspecified atom stereocenters. The zero-order valence-corrected chi connectivity index (χ0v) is 20.4. The number of hydrogen-bond acceptors (Lipinski definition) is 7. The van der Waals surface area contributed by atoms with E-state index in [2.05, 4.69) is 16.0 Å². The molecular formula is C26H31N3O4S. The Hall–Kier alpha value is -2.16. The summed E-state index contributed by atoms with van der Waals surface area (Å²) in [6.07, 6.45) is 4.84. The first-order valence-corrected chi connectivity index (χ1v) is 13.5. The third-order valence-electron chi connectivity index (χ3n) is 9.16. The van der Waals surface area contributed by atoms with Gasteiger partial charge >= 0.3 is 0 Å². The van der Waals surface area contributed by atoms with Gasteiger partial charge in [0, 0.05) is 30.1 Å². The van der Waals surface area contributed by atoms with Gasteiger partial charge in [-0.25, -0.2) is 4.98 Å². The zero-order valence-electron chi connectivity index (χ0n) is 19.5. The van der Waals surface area contributed by atoms with Gasteiger partial charge in [-0.15, -0.1) is 11.3 Å². The minimum Gasteiger partial charge on any atom is -0.493 e. The molecule has 1 aromatic heterocycles. The van der Waals surface area contributed by atoms with Crippen molar-refractivity contribution < 1.29 is 19.4 Å². The summed E-state index contributed by atoms with van der Waals surface area (Å²) >= 11 is 1.51. The molecule has 2 saturated heterocycles. The number of nitrogens with zero attached hydrogens (tertiary/aromatic N) is 3. The highest BCUT2D eigenvalue weighted by Crippen LogP contribution is 2.63. The number of thiazole rings is 1. The normalized spacial score (nSPS) is 33.8. The summed E-state index contributed by atoms with van der Waals surface area (Å²) < 4.78 is 12.4. The number of likely N-dealkylation sites (tertiary alicyclic amines) is 2. The van der Waals surface area contributed by atoms with Gasteiger partial charge in [-0.05, 0) is 56.2 Å². The predicted molar refractivity (Wildman–Crippen MR) is 127 cm³/mol. The van der Waals surface area contributed by atoms with E-state index in [1.54, 1.807) is 12.6 Å². The third-order valence-corrected chi connectivity index (χ3v) is 9.80. The lowest BCUT2D eigenvalue weighted by Crippen LogP contribution is -2.74. The Kier molecular flexibility index (Phi) is 4.61. The van der Waals surface area contributed by atoms with Gasteiger partial charge in [-0.2, -0.15) is 0 Å². The first-order valence-electron chi connectivity index (χ1n) is 12.5. The summed E-state index contributed by atoms with van der Waals surface area (Å²) in [4.78, 5) is 22.1. The fourth-order valence-electron chi connectivity index (χ4n) is 7.37. The van der Waals surface area contributed by atoms with Gasteiger partial charge in [-0.3, -0.25) is 9.69 Å². The standard InChI is InChI=1S/C26H31N3O4S/c1-32-19-5-4-17-10-20-26(31)7-9-29(22(30)11-18-14-34-15-27-18)13-21-25(26,23(17)24(19)33-21)6-8-28(20)12-16-2-3-16/h4-5,14-16,20-21,31H,2-3,6-13H2,1H3/t20-,21+,25-,26-/m1/s1. The summed E-state index contributed by atoms with van der Waals surface area (Å²) in [5.41, 5.74) is 3.55. The summed E-state index contributed by atoms with van der Waals surface area (Å²) in [6, 6.07) is 4.23. The number of amides is 1. The van der Waals surface area contributed by atoms with E-state index in [-0.39, 0.29) is 18.1 Å². The smallest absolute Gasteiger partial charge is 0.228 e. The van der Waals surface area contributed by atoms with Crippen LogP contribution in [0.4, 0.5) is 0 Å². The van der Waals surface area contributed by atoms with E-state index >= 15 is 0 Å². The maximum atomic E-state index is 13.3. The van der Waals surface area contributed by atoms with Crippen molar-refractivity contribution in [3.63, 3.8) is 0 Å². The Labute approximate surface area is 203 Å². The van der Waals surface area contributed by atoms with E-state index < -0.39 is 11.0 Å². The average molecular weight is 482 g/mol. The molecule has 1 aromatic carbocycles. The van der Waals surface area contributed by atoms with Crippen molar-refractivity contribution in [3.8, 4) is 11.5 Å². The molecule has 7 rings (SSSR count). The lowest BCUT2D eigenvalue weighted by Gasteiger charge is -2.60. The molecule has 1 amide bonds. The highest BCUT2D eigenvalue weighted by Gasteiger charge is 2.71. The van der Waals surface area contributed by atoms with Gasteiger partial charge in [0.25, 0.3) is 0 Å². The summed E-state index contributed by atoms with van der Waals surface area (Å²) in [6.45, 7) is 3.06. The van der Waals surface area contributed by atoms with Crippen LogP contribution in [0.25, 0.3) is 0 Å². The van der Waals surface area contributed by atoms with Crippen LogP contribution in [-0.4, -0.2) is 76.8 Å². The highest BCUT2D eigenvalue weighted by molar-refractivity contribution is 7.07. The maximum Gasteiger partial charge on any atom is 0.228 e. The van der Waals surface area contributed by atoms with Crippen molar-refractivity contribution in [3.05, 3.63) is 39.8 Å². The van der Waals surface area contributed by atoms with Crippen LogP contribution in [0.1, 0.15) is 42.5 Å². The van der Waals surface area contributed by atoms with E-state index in [0.29, 0.717) is 25.9 Å². The first-order chi connectivity index (χ1) is 16.5. The topological polar surface area (TPSA) is 75.1 Å². The van der Waals surface area contributed by atoms with Gasteiger partial charge < -0.3 is 19.5 Å². The molecule has 180 valence electrons. The van der Waals surface area contributed by atoms with Crippen molar-refractivity contribution >= 4 is 17.2 Å². The highest BCUT2D eigenvalue weighted by atomic mass is 32.1. The van der Waals surface area contributed by atoms with Gasteiger partial charge in [0.1, 0.15) is 6.10 Å². The number of aliphatic hydroxyl groups is 1. The number of rotatable bonds is 5. The number of piperidine rings is 1. The molecule has 4 heterocycles. The van der Waals surface area contributed by atoms with Crippen molar-refractivity contribution in [2.24, 2.45) is 5.92 Å². The van der Waals surface area contributed by atoms with Gasteiger partial charge in [0.15, 0.2) is 11.5 Å². The lowest BCUT2D eigenvalue weighted by atomic mass is 9.52. The fraction of sp³-hybridized carbons (Fsp3) is 0.615. The minimum atomic E-state index is -0.939. The first kappa shape index (κ1) is 21.1. The number of hydrogen-bond donors (Lipinski definition) is 1. The summed E-state index contributed by atoms with van der Waals surface area (Å²) in [7, 11) is 1.67. The Morgan fingerprint density at radius 2 is 2.21 bits per heavy atom. The van der Waals surface area contributed by atoms with E-state index in [1.165, 1.54) is 29.7 Å². The van der Waals surface area contributed by atoms with Crippen LogP contribution in [0.15, 0.2) is 23.0 Å². The second-order valence-corrected chi connectivity index (χ2v) is 11.5. The van der Waals surface area contributed by atoms with Crippen molar-refractivity contribution in [2.75, 3.05) is 33.3 Å². The van der Waals surface area contributed by atoms with Crippen molar-refractivity contribution in [1.29, 1.82) is 0 Å². The molecule has 2 bridgehead atoms. The molecule has 3 fully saturated rings. The molecule has 1 N–H and O–H groups in total. The van der Waals surface area contributed by atoms with Crippen LogP contribution >= 0.6 is 11.3 Å². The van der Waals surface area contributed by atoms with Crippen LogP contribution in [-0.2, 0) is 23.1 Å². The summed E-state index contributed by atoms with van der Waals surface area (Å²) in [5, 5.41) is 14.6. The Balaban J connectivity index is 1.31. The van der Waals surface area contributed by atoms with E-state index in [0.717, 1.165) is 54.6 Å². The second kappa shape index (κ2) is 7.42. The van der Waals surface area contributed by atoms with E-state index in [9.17, 15) is 9.90 Å². The van der Waals surface area contributed by atoms with E-state index in [1.807, 2.05) is 16.3 Å². The molecule has 1 saturated carbocycles. The molecule has 0 radical (unpaired) electrons. The average Bonchev–Trinajstić information content (AvgIpc) is 3.41. The van der Waals surface area contributed by atoms with Gasteiger partial charge in [0.05, 0.1) is 42.3 Å². The predicted octanol–water partition coefficient (Wildman–Crippen LogP) is 2.40. The molecule has 7 nitrogen and oxygen atoms in total. The van der Waals surface area contributed by atoms with Crippen LogP contribution in [0.2, 0.25) is 0 Å². The molecule has 5 aliphatic rings. The zero-order chi connectivity index (χ0) is 23.1. The van der Waals surface area contributed by atoms with Gasteiger partial charge in [0.2, 0.25) is 5.91 Å². The molecule has 4 atom stereocenters. The molecule has 3 aliphatic heterocycles. The second-order valence-electron chi connectivity index (χ2n) is 10.8. The van der Waals surface area contributed by atoms with E-state index in [4.69, 9.17) is 9.47 Å². The number of aromatic nitrogens is 1. The van der Waals surface area contributed by atoms with Crippen molar-refractivity contribution in [1.82, 2.24) is 14.8 Å². The quantitative estimate of drug-likeness (QED) is 0.707. The molecule has 34 heavy (non-hydrogen) atoms. The lowest BCUT2D eigenvalue weighted by molar-refractivity contribution is -0.162. The van der Waals surface area contributed by atoms with Crippen LogP contribution in [0.3, 0.4) is 0 Å². The monoisotopic (exact) mass is 481 g/mol. The van der Waals surface area contributed by atoms with Crippen molar-refractivity contribution in [2.45, 2.75) is 61.7 Å². The van der Waals surface area contributed by atoms with Crippen LogP contribution in [0.5, 0.6) is 11.5 Å². The Bertz CT molecular complexity index is 1140. The molecule has 1 spiro atoms.